The molecule has 16 nitrogen and oxygen atoms in total. The number of carbonyl (C=O) groups is 3. The summed E-state index contributed by atoms with van der Waals surface area (Å²) in [5.74, 6) is 1.44. The number of phenols is 2. The van der Waals surface area contributed by atoms with E-state index >= 15 is 0 Å². The van der Waals surface area contributed by atoms with Gasteiger partial charge in [-0.1, -0.05) is 17.8 Å². The number of phenolic OH excluding ortho intramolecular Hbond substituents is 1. The Morgan fingerprint density at radius 1 is 0.617 bits per heavy atom. The second-order valence-corrected chi connectivity index (χ2v) is 10.9. The summed E-state index contributed by atoms with van der Waals surface area (Å²) in [5.41, 5.74) is -0.175. The first-order valence-electron chi connectivity index (χ1n) is 15.6. The number of hydrogen-bond donors (Lipinski definition) is 7. The highest BCUT2D eigenvalue weighted by atomic mass is 32.3. The molecule has 322 valence electrons. The number of terminal acetylenes is 3. The molecule has 0 aliphatic heterocycles. The number of carbonyl (C=O) groups excluding carboxylic acids is 2. The Morgan fingerprint density at radius 3 is 1.35 bits per heavy atom. The third-order valence-electron chi connectivity index (χ3n) is 5.81. The van der Waals surface area contributed by atoms with Crippen molar-refractivity contribution in [1.29, 1.82) is 0 Å². The molecule has 4 rings (SSSR count). The predicted molar refractivity (Wildman–Crippen MR) is 203 cm³/mol. The zero-order valence-electron chi connectivity index (χ0n) is 31.2. The minimum Gasteiger partial charge on any atom is -0.507 e. The first-order chi connectivity index (χ1) is 28.1. The quantitative estimate of drug-likeness (QED) is 0.0558. The summed E-state index contributed by atoms with van der Waals surface area (Å²) in [7, 11) is -2.30. The number of halogens is 4. The number of benzene rings is 4. The van der Waals surface area contributed by atoms with E-state index in [2.05, 4.69) is 27.7 Å². The summed E-state index contributed by atoms with van der Waals surface area (Å²) in [6, 6.07) is 13.3. The first kappa shape index (κ1) is 54.8. The molecule has 4 aromatic carbocycles. The summed E-state index contributed by atoms with van der Waals surface area (Å²) < 4.78 is 101. The molecule has 0 unspecified atom stereocenters. The maximum atomic E-state index is 12.9. The third kappa shape index (κ3) is 24.3. The van der Waals surface area contributed by atoms with Gasteiger partial charge in [-0.3, -0.25) is 9.11 Å². The molecule has 60 heavy (non-hydrogen) atoms. The van der Waals surface area contributed by atoms with Crippen molar-refractivity contribution in [3.8, 4) is 60.0 Å². The molecular formula is C39H36F4O16S. The van der Waals surface area contributed by atoms with Gasteiger partial charge in [-0.25, -0.2) is 31.9 Å². The van der Waals surface area contributed by atoms with Gasteiger partial charge in [-0.15, -0.1) is 19.3 Å². The van der Waals surface area contributed by atoms with Crippen molar-refractivity contribution in [1.82, 2.24) is 0 Å². The number of rotatable bonds is 8. The lowest BCUT2D eigenvalue weighted by Crippen LogP contribution is -2.06. The smallest absolute Gasteiger partial charge is 0.394 e. The molecule has 0 amide bonds. The van der Waals surface area contributed by atoms with E-state index in [-0.39, 0.29) is 49.1 Å². The first-order valence-corrected chi connectivity index (χ1v) is 17.0. The van der Waals surface area contributed by atoms with Crippen LogP contribution >= 0.6 is 0 Å². The fraction of sp³-hybridized carbons (Fsp3) is 0.154. The number of hydrogen-bond acceptors (Lipinski definition) is 13. The van der Waals surface area contributed by atoms with E-state index < -0.39 is 62.9 Å². The van der Waals surface area contributed by atoms with E-state index in [1.807, 2.05) is 5.92 Å². The van der Waals surface area contributed by atoms with Gasteiger partial charge in [-0.05, 0) is 72.8 Å². The van der Waals surface area contributed by atoms with Crippen LogP contribution in [0, 0.1) is 60.3 Å². The minimum absolute atomic E-state index is 0.00955. The maximum Gasteiger partial charge on any atom is 0.394 e. The van der Waals surface area contributed by atoms with Gasteiger partial charge in [-0.2, -0.15) is 8.42 Å². The highest BCUT2D eigenvalue weighted by Gasteiger charge is 2.14. The van der Waals surface area contributed by atoms with Gasteiger partial charge in [0.1, 0.15) is 82.8 Å². The zero-order chi connectivity index (χ0) is 46.4. The molecule has 7 N–H and O–H groups in total. The van der Waals surface area contributed by atoms with Crippen molar-refractivity contribution < 1.29 is 93.9 Å². The largest absolute Gasteiger partial charge is 0.507 e. The SMILES string of the molecule is C#CCO.C#CCOc1ccc(F)cc1C(=O)OC.C#CCOc1ccc(F)cc1CO.COC(=O)c1cc(F)ccc1O.O=C(O)c1cc(F)ccc1O.O=S(=O)(O)O. The van der Waals surface area contributed by atoms with E-state index in [0.717, 1.165) is 49.6 Å². The lowest BCUT2D eigenvalue weighted by Gasteiger charge is -2.07. The van der Waals surface area contributed by atoms with Gasteiger partial charge in [0.25, 0.3) is 0 Å². The van der Waals surface area contributed by atoms with Gasteiger partial charge in [0.05, 0.1) is 20.8 Å². The van der Waals surface area contributed by atoms with Crippen molar-refractivity contribution in [3.63, 3.8) is 0 Å². The summed E-state index contributed by atoms with van der Waals surface area (Å²) >= 11 is 0. The van der Waals surface area contributed by atoms with Crippen molar-refractivity contribution in [2.75, 3.05) is 34.0 Å². The maximum absolute atomic E-state index is 12.9. The predicted octanol–water partition coefficient (Wildman–Crippen LogP) is 4.46. The van der Waals surface area contributed by atoms with Crippen LogP contribution in [0.5, 0.6) is 23.0 Å². The number of aliphatic hydroxyl groups excluding tert-OH is 2. The monoisotopic (exact) mass is 868 g/mol. The van der Waals surface area contributed by atoms with E-state index in [0.29, 0.717) is 11.3 Å². The van der Waals surface area contributed by atoms with Crippen molar-refractivity contribution in [2.24, 2.45) is 0 Å². The third-order valence-corrected chi connectivity index (χ3v) is 5.81. The fourth-order valence-electron chi connectivity index (χ4n) is 3.41. The molecule has 0 aromatic heterocycles. The zero-order valence-corrected chi connectivity index (χ0v) is 32.0. The van der Waals surface area contributed by atoms with Crippen LogP contribution in [0.1, 0.15) is 36.6 Å². The lowest BCUT2D eigenvalue weighted by atomic mass is 10.2. The number of ether oxygens (including phenoxy) is 4. The van der Waals surface area contributed by atoms with Crippen LogP contribution in [0.15, 0.2) is 72.8 Å². The van der Waals surface area contributed by atoms with Crippen LogP contribution in [0.3, 0.4) is 0 Å². The Morgan fingerprint density at radius 2 is 0.967 bits per heavy atom. The lowest BCUT2D eigenvalue weighted by molar-refractivity contribution is 0.0587. The average Bonchev–Trinajstić information content (AvgIpc) is 3.21. The summed E-state index contributed by atoms with van der Waals surface area (Å²) in [5, 5.41) is 42.8. The summed E-state index contributed by atoms with van der Waals surface area (Å²) in [6.45, 7) is -0.300. The normalized spacial score (nSPS) is 9.25. The van der Waals surface area contributed by atoms with Crippen molar-refractivity contribution in [2.45, 2.75) is 6.61 Å². The Kier molecular flexibility index (Phi) is 27.3. The number of aromatic carboxylic acids is 1. The number of carboxylic acid groups (broad SMARTS) is 1. The fourth-order valence-corrected chi connectivity index (χ4v) is 3.41. The number of carboxylic acids is 1. The number of aromatic hydroxyl groups is 2. The number of aliphatic hydroxyl groups is 2. The van der Waals surface area contributed by atoms with E-state index in [4.69, 9.17) is 65.4 Å². The van der Waals surface area contributed by atoms with E-state index in [1.54, 1.807) is 0 Å². The molecule has 21 heteroatoms. The highest BCUT2D eigenvalue weighted by molar-refractivity contribution is 7.79. The van der Waals surface area contributed by atoms with Crippen LogP contribution in [-0.2, 0) is 26.5 Å². The van der Waals surface area contributed by atoms with E-state index in [9.17, 15) is 31.9 Å². The number of esters is 2. The summed E-state index contributed by atoms with van der Waals surface area (Å²) in [6.07, 6.45) is 14.5. The van der Waals surface area contributed by atoms with Crippen LogP contribution in [0.4, 0.5) is 17.6 Å². The van der Waals surface area contributed by atoms with Gasteiger partial charge in [0.15, 0.2) is 0 Å². The van der Waals surface area contributed by atoms with Gasteiger partial charge in [0, 0.05) is 5.56 Å². The molecule has 4 aromatic rings. The molecule has 0 saturated heterocycles. The molecule has 0 fully saturated rings. The second kappa shape index (κ2) is 29.9. The molecule has 0 radical (unpaired) electrons. The molecule has 0 aliphatic carbocycles. The Balaban J connectivity index is 0. The number of methoxy groups -OCH3 is 2. The molecule has 0 spiro atoms. The second-order valence-electron chi connectivity index (χ2n) is 9.96. The standard InChI is InChI=1S/C11H9FO3.C10H9FO2.C8H7FO3.C7H5FO3.C3H4O.H2O4S/c1-3-6-15-10-5-4-8(12)7-9(10)11(13)14-2;1-2-5-13-10-4-3-9(11)6-8(10)7-12;1-12-8(11)6-4-5(9)2-3-7(6)10;8-4-1-2-6(9)5(3-4)7(10)11;1-2-3-4;1-5(2,3)4/h1,4-5,7H,6H2,2H3;1,3-4,6,12H,5,7H2;2-4,10H,1H3;1-3,9H,(H,10,11);1,4H,3H2;(H2,1,2,3,4). The molecule has 0 saturated carbocycles. The molecule has 0 atom stereocenters. The highest BCUT2D eigenvalue weighted by Crippen LogP contribution is 2.22. The molecule has 0 bridgehead atoms. The Bertz CT molecular complexity index is 2240. The minimum atomic E-state index is -4.67. The van der Waals surface area contributed by atoms with E-state index in [1.165, 1.54) is 37.4 Å². The van der Waals surface area contributed by atoms with Gasteiger partial charge < -0.3 is 44.5 Å². The topological polar surface area (TPSA) is 264 Å². The van der Waals surface area contributed by atoms with Gasteiger partial charge >= 0.3 is 28.3 Å². The summed E-state index contributed by atoms with van der Waals surface area (Å²) in [4.78, 5) is 32.3. The van der Waals surface area contributed by atoms with Crippen LogP contribution in [0.25, 0.3) is 0 Å². The Hall–Kier alpha value is -7.32. The van der Waals surface area contributed by atoms with Gasteiger partial charge in [0.2, 0.25) is 0 Å². The van der Waals surface area contributed by atoms with Crippen LogP contribution in [-0.4, -0.2) is 95.0 Å². The molecule has 0 aliphatic rings. The molecular weight excluding hydrogens is 832 g/mol. The average molecular weight is 869 g/mol. The Labute approximate surface area is 340 Å². The molecule has 0 heterocycles. The van der Waals surface area contributed by atoms with Crippen LogP contribution < -0.4 is 9.47 Å². The van der Waals surface area contributed by atoms with Crippen LogP contribution in [0.2, 0.25) is 0 Å². The van der Waals surface area contributed by atoms with Crippen molar-refractivity contribution in [3.05, 3.63) is 118 Å². The van der Waals surface area contributed by atoms with Crippen molar-refractivity contribution >= 4 is 28.3 Å².